The summed E-state index contributed by atoms with van der Waals surface area (Å²) in [5, 5.41) is 1.14. The Bertz CT molecular complexity index is 752. The number of hydrogen-bond acceptors (Lipinski definition) is 2. The monoisotopic (exact) mass is 284 g/mol. The van der Waals surface area contributed by atoms with Crippen LogP contribution in [0.2, 0.25) is 0 Å². The highest BCUT2D eigenvalue weighted by molar-refractivity contribution is 5.89. The topological polar surface area (TPSA) is 38.9 Å². The summed E-state index contributed by atoms with van der Waals surface area (Å²) in [6.45, 7) is 4.21. The molecule has 0 radical (unpaired) electrons. The number of halogens is 1. The number of nitrogens with zero attached hydrogens (tertiary/aromatic N) is 1. The van der Waals surface area contributed by atoms with Crippen molar-refractivity contribution in [2.24, 2.45) is 0 Å². The van der Waals surface area contributed by atoms with Crippen molar-refractivity contribution in [3.05, 3.63) is 59.7 Å². The third-order valence-corrected chi connectivity index (χ3v) is 3.54. The average Bonchev–Trinajstić information content (AvgIpc) is 2.41. The second-order valence-corrected chi connectivity index (χ2v) is 4.92. The highest BCUT2D eigenvalue weighted by Crippen LogP contribution is 2.29. The van der Waals surface area contributed by atoms with Crippen molar-refractivity contribution in [3.8, 4) is 11.1 Å². The number of nitrogens with two attached hydrogens (primary N) is 1. The quantitative estimate of drug-likeness (QED) is 0.713. The molecule has 0 aliphatic rings. The first kappa shape index (κ1) is 14.4. The smallest absolute Gasteiger partial charge is 0.131 e. The van der Waals surface area contributed by atoms with E-state index in [0.717, 1.165) is 22.0 Å². The molecular formula is C17H17ClN2. The molecule has 102 valence electrons. The minimum absolute atomic E-state index is 0. The number of fused-ring (bicyclic) bond motifs is 1. The van der Waals surface area contributed by atoms with E-state index >= 15 is 0 Å². The summed E-state index contributed by atoms with van der Waals surface area (Å²) in [7, 11) is 0. The van der Waals surface area contributed by atoms with Crippen LogP contribution >= 0.6 is 12.4 Å². The molecule has 0 bridgehead atoms. The lowest BCUT2D eigenvalue weighted by Gasteiger charge is -2.09. The lowest BCUT2D eigenvalue weighted by molar-refractivity contribution is 1.33. The van der Waals surface area contributed by atoms with Crippen LogP contribution in [0.4, 0.5) is 5.82 Å². The van der Waals surface area contributed by atoms with E-state index in [-0.39, 0.29) is 12.4 Å². The minimum Gasteiger partial charge on any atom is -0.383 e. The van der Waals surface area contributed by atoms with Crippen LogP contribution in [-0.2, 0) is 0 Å². The van der Waals surface area contributed by atoms with Crippen molar-refractivity contribution in [1.82, 2.24) is 4.98 Å². The first-order valence-electron chi connectivity index (χ1n) is 6.38. The molecule has 20 heavy (non-hydrogen) atoms. The lowest BCUT2D eigenvalue weighted by Crippen LogP contribution is -1.96. The number of benzene rings is 2. The van der Waals surface area contributed by atoms with E-state index in [9.17, 15) is 0 Å². The van der Waals surface area contributed by atoms with Crippen LogP contribution in [0, 0.1) is 13.8 Å². The summed E-state index contributed by atoms with van der Waals surface area (Å²) in [6.07, 6.45) is 0. The van der Waals surface area contributed by atoms with Crippen molar-refractivity contribution in [1.29, 1.82) is 0 Å². The molecule has 2 nitrogen and oxygen atoms in total. The van der Waals surface area contributed by atoms with Gasteiger partial charge in [-0.3, -0.25) is 0 Å². The van der Waals surface area contributed by atoms with E-state index in [1.807, 2.05) is 18.2 Å². The summed E-state index contributed by atoms with van der Waals surface area (Å²) >= 11 is 0. The van der Waals surface area contributed by atoms with Gasteiger partial charge in [-0.05, 0) is 48.7 Å². The van der Waals surface area contributed by atoms with Crippen LogP contribution in [0.1, 0.15) is 11.1 Å². The fraction of sp³-hybridized carbons (Fsp3) is 0.118. The van der Waals surface area contributed by atoms with Gasteiger partial charge in [-0.2, -0.15) is 0 Å². The van der Waals surface area contributed by atoms with Crippen molar-refractivity contribution >= 4 is 29.1 Å². The molecule has 0 aliphatic heterocycles. The largest absolute Gasteiger partial charge is 0.383 e. The maximum Gasteiger partial charge on any atom is 0.131 e. The Morgan fingerprint density at radius 1 is 0.900 bits per heavy atom. The van der Waals surface area contributed by atoms with Gasteiger partial charge in [0.05, 0.1) is 5.52 Å². The normalized spacial score (nSPS) is 10.3. The van der Waals surface area contributed by atoms with Gasteiger partial charge in [0.15, 0.2) is 0 Å². The van der Waals surface area contributed by atoms with Gasteiger partial charge < -0.3 is 5.73 Å². The zero-order chi connectivity index (χ0) is 13.4. The highest BCUT2D eigenvalue weighted by atomic mass is 35.5. The van der Waals surface area contributed by atoms with Crippen molar-refractivity contribution in [3.63, 3.8) is 0 Å². The SMILES string of the molecule is Cc1cc2cc(-c3ccccc3)c(N)nc2cc1C.Cl. The molecule has 1 aromatic heterocycles. The molecule has 3 heteroatoms. The molecule has 0 spiro atoms. The van der Waals surface area contributed by atoms with Crippen LogP contribution in [0.15, 0.2) is 48.5 Å². The van der Waals surface area contributed by atoms with Crippen molar-refractivity contribution in [2.75, 3.05) is 5.73 Å². The Morgan fingerprint density at radius 2 is 1.55 bits per heavy atom. The zero-order valence-electron chi connectivity index (χ0n) is 11.6. The molecule has 0 saturated heterocycles. The summed E-state index contributed by atoms with van der Waals surface area (Å²) < 4.78 is 0. The van der Waals surface area contributed by atoms with Crippen molar-refractivity contribution in [2.45, 2.75) is 13.8 Å². The van der Waals surface area contributed by atoms with E-state index in [1.165, 1.54) is 11.1 Å². The standard InChI is InChI=1S/C17H16N2.ClH/c1-11-8-14-10-15(13-6-4-3-5-7-13)17(18)19-16(14)9-12(11)2;/h3-10H,1-2H3,(H2,18,19);1H. The molecule has 3 aromatic rings. The Balaban J connectivity index is 0.00000147. The van der Waals surface area contributed by atoms with Crippen LogP contribution in [0.5, 0.6) is 0 Å². The van der Waals surface area contributed by atoms with E-state index in [4.69, 9.17) is 5.73 Å². The van der Waals surface area contributed by atoms with Crippen molar-refractivity contribution < 1.29 is 0 Å². The maximum absolute atomic E-state index is 6.10. The average molecular weight is 285 g/mol. The first-order chi connectivity index (χ1) is 9.15. The van der Waals surface area contributed by atoms with Gasteiger partial charge in [0.1, 0.15) is 5.82 Å². The summed E-state index contributed by atoms with van der Waals surface area (Å²) in [4.78, 5) is 4.53. The Labute approximate surface area is 125 Å². The first-order valence-corrected chi connectivity index (χ1v) is 6.38. The zero-order valence-corrected chi connectivity index (χ0v) is 12.4. The van der Waals surface area contributed by atoms with Crippen LogP contribution in [0.25, 0.3) is 22.0 Å². The fourth-order valence-corrected chi connectivity index (χ4v) is 2.30. The molecule has 0 unspecified atom stereocenters. The fourth-order valence-electron chi connectivity index (χ4n) is 2.30. The van der Waals surface area contributed by atoms with Gasteiger partial charge >= 0.3 is 0 Å². The predicted molar refractivity (Wildman–Crippen MR) is 88.3 cm³/mol. The molecule has 2 aromatic carbocycles. The second-order valence-electron chi connectivity index (χ2n) is 4.92. The summed E-state index contributed by atoms with van der Waals surface area (Å²) in [5.41, 5.74) is 11.7. The maximum atomic E-state index is 6.10. The van der Waals surface area contributed by atoms with E-state index < -0.39 is 0 Å². The van der Waals surface area contributed by atoms with E-state index in [1.54, 1.807) is 0 Å². The van der Waals surface area contributed by atoms with Gasteiger partial charge in [0, 0.05) is 10.9 Å². The molecule has 2 N–H and O–H groups in total. The Kier molecular flexibility index (Phi) is 3.96. The Hall–Kier alpha value is -2.06. The van der Waals surface area contributed by atoms with Gasteiger partial charge in [-0.25, -0.2) is 4.98 Å². The molecule has 0 aliphatic carbocycles. The molecule has 0 amide bonds. The van der Waals surface area contributed by atoms with Gasteiger partial charge in [0.25, 0.3) is 0 Å². The van der Waals surface area contributed by atoms with E-state index in [0.29, 0.717) is 5.82 Å². The van der Waals surface area contributed by atoms with Gasteiger partial charge in [-0.15, -0.1) is 12.4 Å². The minimum atomic E-state index is 0. The second kappa shape index (κ2) is 5.51. The van der Waals surface area contributed by atoms with Gasteiger partial charge in [0.2, 0.25) is 0 Å². The third kappa shape index (κ3) is 2.47. The number of aryl methyl sites for hydroxylation is 2. The molecular weight excluding hydrogens is 268 g/mol. The number of pyridine rings is 1. The highest BCUT2D eigenvalue weighted by Gasteiger charge is 2.07. The predicted octanol–water partition coefficient (Wildman–Crippen LogP) is 4.52. The molecule has 0 saturated carbocycles. The Morgan fingerprint density at radius 3 is 2.25 bits per heavy atom. The number of anilines is 1. The van der Waals surface area contributed by atoms with Crippen LogP contribution < -0.4 is 5.73 Å². The van der Waals surface area contributed by atoms with Crippen LogP contribution in [0.3, 0.4) is 0 Å². The van der Waals surface area contributed by atoms with E-state index in [2.05, 4.69) is 49.2 Å². The summed E-state index contributed by atoms with van der Waals surface area (Å²) in [6, 6.07) is 16.5. The number of nitrogen functional groups attached to an aromatic ring is 1. The van der Waals surface area contributed by atoms with Crippen LogP contribution in [-0.4, -0.2) is 4.98 Å². The number of rotatable bonds is 1. The van der Waals surface area contributed by atoms with Gasteiger partial charge in [-0.1, -0.05) is 30.3 Å². The number of aromatic nitrogens is 1. The molecule has 0 fully saturated rings. The third-order valence-electron chi connectivity index (χ3n) is 3.54. The molecule has 3 rings (SSSR count). The summed E-state index contributed by atoms with van der Waals surface area (Å²) in [5.74, 6) is 0.585. The molecule has 0 atom stereocenters. The molecule has 1 heterocycles. The lowest BCUT2D eigenvalue weighted by atomic mass is 10.0. The number of hydrogen-bond donors (Lipinski definition) is 1.